The lowest BCUT2D eigenvalue weighted by Crippen LogP contribution is -2.13. The highest BCUT2D eigenvalue weighted by molar-refractivity contribution is 9.10. The molecule has 0 saturated heterocycles. The second-order valence-corrected chi connectivity index (χ2v) is 4.99. The summed E-state index contributed by atoms with van der Waals surface area (Å²) in [4.78, 5) is 0. The van der Waals surface area contributed by atoms with Gasteiger partial charge in [-0.05, 0) is 41.0 Å². The van der Waals surface area contributed by atoms with E-state index in [9.17, 15) is 0 Å². The Labute approximate surface area is 108 Å². The molecule has 2 nitrogen and oxygen atoms in total. The van der Waals surface area contributed by atoms with Crippen molar-refractivity contribution in [2.45, 2.75) is 19.9 Å². The first kappa shape index (κ1) is 12.0. The van der Waals surface area contributed by atoms with Crippen LogP contribution in [-0.4, -0.2) is 6.54 Å². The maximum Gasteiger partial charge on any atom is 0.148 e. The van der Waals surface area contributed by atoms with E-state index in [1.807, 2.05) is 12.1 Å². The molecule has 1 N–H and O–H groups in total. The summed E-state index contributed by atoms with van der Waals surface area (Å²) in [6.45, 7) is 3.97. The highest BCUT2D eigenvalue weighted by Crippen LogP contribution is 2.31. The molecular formula is C12H13BrClNO. The fourth-order valence-corrected chi connectivity index (χ4v) is 2.55. The van der Waals surface area contributed by atoms with Crippen LogP contribution < -0.4 is 5.32 Å². The quantitative estimate of drug-likeness (QED) is 0.850. The van der Waals surface area contributed by atoms with E-state index in [4.69, 9.17) is 16.0 Å². The van der Waals surface area contributed by atoms with Gasteiger partial charge in [0.1, 0.15) is 5.58 Å². The molecule has 0 spiro atoms. The summed E-state index contributed by atoms with van der Waals surface area (Å²) in [7, 11) is 0. The molecular weight excluding hydrogens is 289 g/mol. The Balaban J connectivity index is 2.32. The molecule has 4 heteroatoms. The molecule has 0 unspecified atom stereocenters. The van der Waals surface area contributed by atoms with Crippen LogP contribution in [0.15, 0.2) is 27.3 Å². The Kier molecular flexibility index (Phi) is 3.90. The summed E-state index contributed by atoms with van der Waals surface area (Å²) in [5, 5.41) is 5.14. The maximum atomic E-state index is 6.02. The van der Waals surface area contributed by atoms with Gasteiger partial charge in [0.2, 0.25) is 0 Å². The minimum Gasteiger partial charge on any atom is -0.463 e. The number of fused-ring (bicyclic) bond motifs is 1. The van der Waals surface area contributed by atoms with Crippen LogP contribution >= 0.6 is 27.5 Å². The van der Waals surface area contributed by atoms with Gasteiger partial charge in [0.15, 0.2) is 0 Å². The molecule has 1 aromatic carbocycles. The predicted molar refractivity (Wildman–Crippen MR) is 70.9 cm³/mol. The van der Waals surface area contributed by atoms with Crippen LogP contribution in [0, 0.1) is 0 Å². The van der Waals surface area contributed by atoms with Gasteiger partial charge in [0.25, 0.3) is 0 Å². The van der Waals surface area contributed by atoms with Crippen LogP contribution in [-0.2, 0) is 6.54 Å². The topological polar surface area (TPSA) is 25.2 Å². The molecule has 0 radical (unpaired) electrons. The molecule has 0 aliphatic rings. The summed E-state index contributed by atoms with van der Waals surface area (Å²) in [5.74, 6) is 0. The average molecular weight is 303 g/mol. The Morgan fingerprint density at radius 2 is 2.25 bits per heavy atom. The minimum atomic E-state index is 0.720. The van der Waals surface area contributed by atoms with E-state index >= 15 is 0 Å². The van der Waals surface area contributed by atoms with E-state index in [0.717, 1.165) is 45.5 Å². The molecule has 0 saturated carbocycles. The number of rotatable bonds is 4. The van der Waals surface area contributed by atoms with Crippen LogP contribution in [0.4, 0.5) is 0 Å². The van der Waals surface area contributed by atoms with Crippen molar-refractivity contribution >= 4 is 38.5 Å². The summed E-state index contributed by atoms with van der Waals surface area (Å²) >= 11 is 9.47. The van der Waals surface area contributed by atoms with Crippen molar-refractivity contribution in [2.24, 2.45) is 0 Å². The average Bonchev–Trinajstić information content (AvgIpc) is 2.62. The third kappa shape index (κ3) is 2.42. The molecule has 2 rings (SSSR count). The fraction of sp³-hybridized carbons (Fsp3) is 0.333. The van der Waals surface area contributed by atoms with Crippen LogP contribution in [0.25, 0.3) is 11.0 Å². The largest absolute Gasteiger partial charge is 0.463 e. The van der Waals surface area contributed by atoms with E-state index in [-0.39, 0.29) is 0 Å². The molecule has 0 aliphatic carbocycles. The van der Waals surface area contributed by atoms with Crippen molar-refractivity contribution < 1.29 is 4.42 Å². The van der Waals surface area contributed by atoms with Crippen molar-refractivity contribution in [2.75, 3.05) is 6.54 Å². The SMILES string of the molecule is CCCNCc1coc2c(Br)cc(Cl)cc12. The normalized spacial score (nSPS) is 11.2. The van der Waals surface area contributed by atoms with Gasteiger partial charge in [-0.2, -0.15) is 0 Å². The first-order valence-corrected chi connectivity index (χ1v) is 6.45. The number of nitrogens with one attached hydrogen (secondary N) is 1. The zero-order valence-corrected chi connectivity index (χ0v) is 11.4. The van der Waals surface area contributed by atoms with Gasteiger partial charge in [-0.15, -0.1) is 0 Å². The van der Waals surface area contributed by atoms with E-state index in [1.54, 1.807) is 6.26 Å². The molecule has 0 bridgehead atoms. The van der Waals surface area contributed by atoms with Crippen LogP contribution in [0.1, 0.15) is 18.9 Å². The first-order valence-electron chi connectivity index (χ1n) is 5.28. The minimum absolute atomic E-state index is 0.720. The highest BCUT2D eigenvalue weighted by atomic mass is 79.9. The smallest absolute Gasteiger partial charge is 0.148 e. The molecule has 0 atom stereocenters. The lowest BCUT2D eigenvalue weighted by molar-refractivity contribution is 0.599. The summed E-state index contributed by atoms with van der Waals surface area (Å²) in [5.41, 5.74) is 2.00. The highest BCUT2D eigenvalue weighted by Gasteiger charge is 2.09. The van der Waals surface area contributed by atoms with Crippen LogP contribution in [0.5, 0.6) is 0 Å². The van der Waals surface area contributed by atoms with Crippen LogP contribution in [0.2, 0.25) is 5.02 Å². The van der Waals surface area contributed by atoms with Crippen molar-refractivity contribution in [3.8, 4) is 0 Å². The number of hydrogen-bond acceptors (Lipinski definition) is 2. The summed E-state index contributed by atoms with van der Waals surface area (Å²) in [6, 6.07) is 3.78. The summed E-state index contributed by atoms with van der Waals surface area (Å²) in [6.07, 6.45) is 2.91. The molecule has 2 aromatic rings. The Morgan fingerprint density at radius 1 is 1.44 bits per heavy atom. The van der Waals surface area contributed by atoms with Crippen LogP contribution in [0.3, 0.4) is 0 Å². The number of halogens is 2. The third-order valence-electron chi connectivity index (χ3n) is 2.42. The van der Waals surface area contributed by atoms with Gasteiger partial charge < -0.3 is 9.73 Å². The molecule has 1 heterocycles. The van der Waals surface area contributed by atoms with Gasteiger partial charge in [-0.25, -0.2) is 0 Å². The Bertz CT molecular complexity index is 495. The molecule has 0 amide bonds. The van der Waals surface area contributed by atoms with E-state index < -0.39 is 0 Å². The van der Waals surface area contributed by atoms with Crippen molar-refractivity contribution in [3.05, 3.63) is 33.5 Å². The standard InChI is InChI=1S/C12H13BrClNO/c1-2-3-15-6-8-7-16-12-10(8)4-9(14)5-11(12)13/h4-5,7,15H,2-3,6H2,1H3. The second kappa shape index (κ2) is 5.21. The van der Waals surface area contributed by atoms with E-state index in [2.05, 4.69) is 28.2 Å². The molecule has 16 heavy (non-hydrogen) atoms. The van der Waals surface area contributed by atoms with Gasteiger partial charge in [-0.1, -0.05) is 18.5 Å². The van der Waals surface area contributed by atoms with E-state index in [1.165, 1.54) is 0 Å². The molecule has 0 aliphatic heterocycles. The predicted octanol–water partition coefficient (Wildman–Crippen LogP) is 4.35. The maximum absolute atomic E-state index is 6.02. The van der Waals surface area contributed by atoms with E-state index in [0.29, 0.717) is 0 Å². The summed E-state index contributed by atoms with van der Waals surface area (Å²) < 4.78 is 6.42. The number of furan rings is 1. The lowest BCUT2D eigenvalue weighted by Gasteiger charge is -2.01. The van der Waals surface area contributed by atoms with Gasteiger partial charge in [0, 0.05) is 22.5 Å². The molecule has 86 valence electrons. The third-order valence-corrected chi connectivity index (χ3v) is 3.22. The van der Waals surface area contributed by atoms with Crippen molar-refractivity contribution in [1.29, 1.82) is 0 Å². The van der Waals surface area contributed by atoms with Crippen molar-refractivity contribution in [3.63, 3.8) is 0 Å². The first-order chi connectivity index (χ1) is 7.72. The Hall–Kier alpha value is -0.510. The monoisotopic (exact) mass is 301 g/mol. The van der Waals surface area contributed by atoms with Gasteiger partial charge >= 0.3 is 0 Å². The lowest BCUT2D eigenvalue weighted by atomic mass is 10.2. The zero-order valence-electron chi connectivity index (χ0n) is 9.02. The fourth-order valence-electron chi connectivity index (χ4n) is 1.65. The number of benzene rings is 1. The zero-order chi connectivity index (χ0) is 11.5. The number of hydrogen-bond donors (Lipinski definition) is 1. The molecule has 0 fully saturated rings. The van der Waals surface area contributed by atoms with Gasteiger partial charge in [0.05, 0.1) is 10.7 Å². The van der Waals surface area contributed by atoms with Gasteiger partial charge in [-0.3, -0.25) is 0 Å². The molecule has 1 aromatic heterocycles. The second-order valence-electron chi connectivity index (χ2n) is 3.70. The Morgan fingerprint density at radius 3 is 3.00 bits per heavy atom. The van der Waals surface area contributed by atoms with Crippen molar-refractivity contribution in [1.82, 2.24) is 5.32 Å².